The summed E-state index contributed by atoms with van der Waals surface area (Å²) in [6, 6.07) is 0.561. The summed E-state index contributed by atoms with van der Waals surface area (Å²) in [6.07, 6.45) is 8.96. The molecular weight excluding hydrogens is 290 g/mol. The maximum Gasteiger partial charge on any atom is 0.234 e. The van der Waals surface area contributed by atoms with Gasteiger partial charge < -0.3 is 10.1 Å². The second-order valence-electron chi connectivity index (χ2n) is 6.61. The number of rotatable bonds is 5. The standard InChI is InChI=1S/C17H25N5O/c1-11(2)22-10-13-6-5-7-14(17(13)21-22)19-15-8-18-9-16(20-15)23-12(3)4/h8-12,14H,5-7H2,1-4H3,(H,19,20). The minimum Gasteiger partial charge on any atom is -0.474 e. The number of hydrogen-bond acceptors (Lipinski definition) is 5. The smallest absolute Gasteiger partial charge is 0.234 e. The predicted octanol–water partition coefficient (Wildman–Crippen LogP) is 3.53. The second kappa shape index (κ2) is 6.56. The summed E-state index contributed by atoms with van der Waals surface area (Å²) in [6.45, 7) is 8.26. The molecule has 0 aromatic carbocycles. The van der Waals surface area contributed by atoms with E-state index in [4.69, 9.17) is 9.84 Å². The lowest BCUT2D eigenvalue weighted by atomic mass is 9.94. The van der Waals surface area contributed by atoms with Gasteiger partial charge in [-0.3, -0.25) is 9.67 Å². The molecular formula is C17H25N5O. The van der Waals surface area contributed by atoms with E-state index in [1.807, 2.05) is 13.8 Å². The summed E-state index contributed by atoms with van der Waals surface area (Å²) in [7, 11) is 0. The average Bonchev–Trinajstić information content (AvgIpc) is 2.92. The van der Waals surface area contributed by atoms with Crippen molar-refractivity contribution in [1.29, 1.82) is 0 Å². The predicted molar refractivity (Wildman–Crippen MR) is 89.7 cm³/mol. The molecule has 6 heteroatoms. The molecule has 1 unspecified atom stereocenters. The molecule has 0 fully saturated rings. The Morgan fingerprint density at radius 2 is 2.09 bits per heavy atom. The lowest BCUT2D eigenvalue weighted by Gasteiger charge is -2.22. The Hall–Kier alpha value is -2.11. The van der Waals surface area contributed by atoms with E-state index in [0.717, 1.165) is 30.8 Å². The van der Waals surface area contributed by atoms with Gasteiger partial charge in [0, 0.05) is 12.2 Å². The van der Waals surface area contributed by atoms with Crippen LogP contribution in [0.5, 0.6) is 5.88 Å². The molecule has 1 aliphatic carbocycles. The third-order valence-electron chi connectivity index (χ3n) is 3.93. The quantitative estimate of drug-likeness (QED) is 0.914. The van der Waals surface area contributed by atoms with Gasteiger partial charge in [0.15, 0.2) is 0 Å². The molecule has 124 valence electrons. The molecule has 0 saturated heterocycles. The first-order valence-corrected chi connectivity index (χ1v) is 8.36. The molecule has 3 rings (SSSR count). The van der Waals surface area contributed by atoms with Crippen molar-refractivity contribution in [1.82, 2.24) is 19.7 Å². The van der Waals surface area contributed by atoms with Gasteiger partial charge >= 0.3 is 0 Å². The summed E-state index contributed by atoms with van der Waals surface area (Å²) >= 11 is 0. The van der Waals surface area contributed by atoms with E-state index in [2.05, 4.69) is 40.0 Å². The number of nitrogens with one attached hydrogen (secondary N) is 1. The van der Waals surface area contributed by atoms with Gasteiger partial charge in [-0.2, -0.15) is 10.1 Å². The van der Waals surface area contributed by atoms with Gasteiger partial charge in [0.25, 0.3) is 0 Å². The molecule has 1 aliphatic rings. The minimum atomic E-state index is 0.0857. The number of ether oxygens (including phenoxy) is 1. The highest BCUT2D eigenvalue weighted by Crippen LogP contribution is 2.31. The van der Waals surface area contributed by atoms with Gasteiger partial charge in [-0.15, -0.1) is 0 Å². The van der Waals surface area contributed by atoms with Crippen LogP contribution >= 0.6 is 0 Å². The summed E-state index contributed by atoms with van der Waals surface area (Å²) in [4.78, 5) is 8.71. The van der Waals surface area contributed by atoms with Crippen molar-refractivity contribution in [3.8, 4) is 5.88 Å². The largest absolute Gasteiger partial charge is 0.474 e. The zero-order valence-electron chi connectivity index (χ0n) is 14.3. The molecule has 2 aromatic rings. The number of aromatic nitrogens is 4. The van der Waals surface area contributed by atoms with Gasteiger partial charge in [0.2, 0.25) is 5.88 Å². The third kappa shape index (κ3) is 3.63. The molecule has 2 aromatic heterocycles. The van der Waals surface area contributed by atoms with E-state index in [9.17, 15) is 0 Å². The van der Waals surface area contributed by atoms with E-state index >= 15 is 0 Å². The highest BCUT2D eigenvalue weighted by atomic mass is 16.5. The fourth-order valence-corrected chi connectivity index (χ4v) is 2.86. The lowest BCUT2D eigenvalue weighted by Crippen LogP contribution is -2.18. The zero-order chi connectivity index (χ0) is 16.4. The SMILES string of the molecule is CC(C)Oc1cncc(NC2CCCc3cn(C(C)C)nc32)n1. The number of fused-ring (bicyclic) bond motifs is 1. The number of nitrogens with zero attached hydrogens (tertiary/aromatic N) is 4. The topological polar surface area (TPSA) is 64.9 Å². The van der Waals surface area contributed by atoms with Crippen molar-refractivity contribution in [2.75, 3.05) is 5.32 Å². The van der Waals surface area contributed by atoms with Crippen LogP contribution in [0.1, 0.15) is 63.9 Å². The van der Waals surface area contributed by atoms with Crippen LogP contribution in [0, 0.1) is 0 Å². The molecule has 0 spiro atoms. The Labute approximate surface area is 137 Å². The van der Waals surface area contributed by atoms with E-state index < -0.39 is 0 Å². The maximum atomic E-state index is 5.62. The molecule has 0 saturated carbocycles. The molecule has 1 N–H and O–H groups in total. The fraction of sp³-hybridized carbons (Fsp3) is 0.588. The van der Waals surface area contributed by atoms with Crippen LogP contribution in [0.25, 0.3) is 0 Å². The number of hydrogen-bond donors (Lipinski definition) is 1. The molecule has 6 nitrogen and oxygen atoms in total. The summed E-state index contributed by atoms with van der Waals surface area (Å²) in [5, 5.41) is 8.25. The molecule has 0 aliphatic heterocycles. The molecule has 0 radical (unpaired) electrons. The van der Waals surface area contributed by atoms with Crippen LogP contribution in [-0.4, -0.2) is 25.9 Å². The average molecular weight is 315 g/mol. The highest BCUT2D eigenvalue weighted by molar-refractivity contribution is 5.39. The van der Waals surface area contributed by atoms with Crippen molar-refractivity contribution in [2.45, 2.75) is 65.1 Å². The van der Waals surface area contributed by atoms with E-state index in [0.29, 0.717) is 11.9 Å². The molecule has 23 heavy (non-hydrogen) atoms. The van der Waals surface area contributed by atoms with Crippen molar-refractivity contribution in [3.63, 3.8) is 0 Å². The molecule has 0 amide bonds. The maximum absolute atomic E-state index is 5.62. The monoisotopic (exact) mass is 315 g/mol. The summed E-state index contributed by atoms with van der Waals surface area (Å²) in [5.41, 5.74) is 2.48. The first-order valence-electron chi connectivity index (χ1n) is 8.36. The zero-order valence-corrected chi connectivity index (χ0v) is 14.3. The van der Waals surface area contributed by atoms with Gasteiger partial charge in [0.1, 0.15) is 5.82 Å². The first-order chi connectivity index (χ1) is 11.0. The van der Waals surface area contributed by atoms with Gasteiger partial charge in [-0.25, -0.2) is 0 Å². The second-order valence-corrected chi connectivity index (χ2v) is 6.61. The normalized spacial score (nSPS) is 17.4. The Kier molecular flexibility index (Phi) is 4.50. The first kappa shape index (κ1) is 15.8. The van der Waals surface area contributed by atoms with Crippen LogP contribution in [0.15, 0.2) is 18.6 Å². The Morgan fingerprint density at radius 1 is 1.26 bits per heavy atom. The molecule has 0 bridgehead atoms. The van der Waals surface area contributed by atoms with Crippen LogP contribution in [0.2, 0.25) is 0 Å². The Morgan fingerprint density at radius 3 is 2.83 bits per heavy atom. The highest BCUT2D eigenvalue weighted by Gasteiger charge is 2.24. The third-order valence-corrected chi connectivity index (χ3v) is 3.93. The van der Waals surface area contributed by atoms with Crippen LogP contribution < -0.4 is 10.1 Å². The minimum absolute atomic E-state index is 0.0857. The fourth-order valence-electron chi connectivity index (χ4n) is 2.86. The van der Waals surface area contributed by atoms with Gasteiger partial charge in [-0.05, 0) is 52.5 Å². The van der Waals surface area contributed by atoms with E-state index in [1.54, 1.807) is 12.4 Å². The van der Waals surface area contributed by atoms with Crippen molar-refractivity contribution in [2.24, 2.45) is 0 Å². The van der Waals surface area contributed by atoms with Gasteiger partial charge in [0.05, 0.1) is 30.2 Å². The van der Waals surface area contributed by atoms with Crippen LogP contribution in [0.3, 0.4) is 0 Å². The van der Waals surface area contributed by atoms with Gasteiger partial charge in [-0.1, -0.05) is 0 Å². The van der Waals surface area contributed by atoms with Crippen molar-refractivity contribution < 1.29 is 4.74 Å². The van der Waals surface area contributed by atoms with E-state index in [-0.39, 0.29) is 12.1 Å². The summed E-state index contributed by atoms with van der Waals surface area (Å²) in [5.74, 6) is 1.29. The Balaban J connectivity index is 1.79. The lowest BCUT2D eigenvalue weighted by molar-refractivity contribution is 0.232. The van der Waals surface area contributed by atoms with Crippen LogP contribution in [0.4, 0.5) is 5.82 Å². The van der Waals surface area contributed by atoms with Crippen molar-refractivity contribution >= 4 is 5.82 Å². The number of aryl methyl sites for hydroxylation is 1. The number of anilines is 1. The van der Waals surface area contributed by atoms with Crippen molar-refractivity contribution in [3.05, 3.63) is 29.8 Å². The molecule has 1 atom stereocenters. The van der Waals surface area contributed by atoms with E-state index in [1.165, 1.54) is 5.56 Å². The summed E-state index contributed by atoms with van der Waals surface area (Å²) < 4.78 is 7.67. The van der Waals surface area contributed by atoms with Crippen LogP contribution in [-0.2, 0) is 6.42 Å². The Bertz CT molecular complexity index is 665. The molecule has 2 heterocycles.